The maximum atomic E-state index is 5.82. The first-order valence-electron chi connectivity index (χ1n) is 7.96. The number of rotatable bonds is 12. The molecule has 0 aromatic heterocycles. The Balaban J connectivity index is 2.48. The highest BCUT2D eigenvalue weighted by Crippen LogP contribution is 2.19. The molecular formula is C17H28O4Si. The van der Waals surface area contributed by atoms with Gasteiger partial charge >= 0.3 is 8.80 Å². The van der Waals surface area contributed by atoms with Crippen molar-refractivity contribution in [3.05, 3.63) is 36.4 Å². The minimum absolute atomic E-state index is 0.606. The third kappa shape index (κ3) is 6.32. The summed E-state index contributed by atoms with van der Waals surface area (Å²) in [5.41, 5.74) is 1.05. The molecule has 0 aliphatic carbocycles. The van der Waals surface area contributed by atoms with Crippen LogP contribution in [-0.2, 0) is 13.3 Å². The first-order chi connectivity index (χ1) is 10.7. The summed E-state index contributed by atoms with van der Waals surface area (Å²) in [5.74, 6) is 0.855. The van der Waals surface area contributed by atoms with Gasteiger partial charge in [0.25, 0.3) is 0 Å². The Morgan fingerprint density at radius 2 is 1.68 bits per heavy atom. The van der Waals surface area contributed by atoms with Gasteiger partial charge in [0.2, 0.25) is 0 Å². The molecule has 0 radical (unpaired) electrons. The van der Waals surface area contributed by atoms with E-state index in [2.05, 4.69) is 6.58 Å². The van der Waals surface area contributed by atoms with Gasteiger partial charge in [-0.3, -0.25) is 0 Å². The van der Waals surface area contributed by atoms with Gasteiger partial charge < -0.3 is 18.0 Å². The first-order valence-corrected chi connectivity index (χ1v) is 9.90. The molecule has 0 saturated carbocycles. The highest BCUT2D eigenvalue weighted by molar-refractivity contribution is 6.60. The molecule has 4 nitrogen and oxygen atoms in total. The van der Waals surface area contributed by atoms with Crippen molar-refractivity contribution >= 4 is 14.9 Å². The fraction of sp³-hybridized carbons (Fsp3) is 0.529. The monoisotopic (exact) mass is 324 g/mol. The fourth-order valence-corrected chi connectivity index (χ4v) is 4.79. The molecule has 0 heterocycles. The van der Waals surface area contributed by atoms with Crippen molar-refractivity contribution in [3.63, 3.8) is 0 Å². The largest absolute Gasteiger partial charge is 0.501 e. The van der Waals surface area contributed by atoms with E-state index in [9.17, 15) is 0 Å². The molecule has 1 aromatic rings. The zero-order valence-electron chi connectivity index (χ0n) is 14.0. The summed E-state index contributed by atoms with van der Waals surface area (Å²) in [6.45, 7) is 12.1. The summed E-state index contributed by atoms with van der Waals surface area (Å²) >= 11 is 0. The SMILES string of the molecule is C=Cc1cccc(OCCC[Si](OCC)(OCC)OCC)c1. The molecule has 124 valence electrons. The topological polar surface area (TPSA) is 36.9 Å². The van der Waals surface area contributed by atoms with E-state index in [1.807, 2.05) is 51.1 Å². The van der Waals surface area contributed by atoms with Crippen molar-refractivity contribution in [2.24, 2.45) is 0 Å². The van der Waals surface area contributed by atoms with Gasteiger partial charge in [-0.05, 0) is 44.9 Å². The van der Waals surface area contributed by atoms with Crippen LogP contribution in [0.4, 0.5) is 0 Å². The Bertz CT molecular complexity index is 419. The molecule has 1 rings (SSSR count). The summed E-state index contributed by atoms with van der Waals surface area (Å²) in [7, 11) is -2.55. The number of hydrogen-bond acceptors (Lipinski definition) is 4. The van der Waals surface area contributed by atoms with Gasteiger partial charge in [0, 0.05) is 25.9 Å². The van der Waals surface area contributed by atoms with Crippen LogP contribution in [0, 0.1) is 0 Å². The molecule has 22 heavy (non-hydrogen) atoms. The minimum atomic E-state index is -2.55. The van der Waals surface area contributed by atoms with Gasteiger partial charge in [-0.1, -0.05) is 24.8 Å². The maximum absolute atomic E-state index is 5.82. The Kier molecular flexibility index (Phi) is 9.08. The zero-order valence-corrected chi connectivity index (χ0v) is 15.0. The van der Waals surface area contributed by atoms with E-state index in [4.69, 9.17) is 18.0 Å². The second-order valence-electron chi connectivity index (χ2n) is 4.71. The van der Waals surface area contributed by atoms with Crippen LogP contribution in [0.2, 0.25) is 6.04 Å². The molecule has 1 aromatic carbocycles. The Morgan fingerprint density at radius 3 is 2.23 bits per heavy atom. The third-order valence-electron chi connectivity index (χ3n) is 3.08. The lowest BCUT2D eigenvalue weighted by atomic mass is 10.2. The van der Waals surface area contributed by atoms with Crippen LogP contribution in [0.1, 0.15) is 32.8 Å². The molecule has 0 saturated heterocycles. The number of hydrogen-bond donors (Lipinski definition) is 0. The van der Waals surface area contributed by atoms with Crippen LogP contribution in [0.3, 0.4) is 0 Å². The van der Waals surface area contributed by atoms with E-state index < -0.39 is 8.80 Å². The molecule has 0 fully saturated rings. The number of benzene rings is 1. The van der Waals surface area contributed by atoms with E-state index in [1.165, 1.54) is 0 Å². The molecule has 0 aliphatic rings. The predicted molar refractivity (Wildman–Crippen MR) is 92.1 cm³/mol. The lowest BCUT2D eigenvalue weighted by Crippen LogP contribution is -2.46. The summed E-state index contributed by atoms with van der Waals surface area (Å²) in [6.07, 6.45) is 2.65. The first kappa shape index (κ1) is 18.9. The lowest BCUT2D eigenvalue weighted by molar-refractivity contribution is 0.0696. The van der Waals surface area contributed by atoms with E-state index in [-0.39, 0.29) is 0 Å². The molecule has 0 amide bonds. The van der Waals surface area contributed by atoms with Crippen molar-refractivity contribution in [2.75, 3.05) is 26.4 Å². The van der Waals surface area contributed by atoms with Gasteiger partial charge in [-0.2, -0.15) is 0 Å². The lowest BCUT2D eigenvalue weighted by Gasteiger charge is -2.28. The predicted octanol–water partition coefficient (Wildman–Crippen LogP) is 4.15. The highest BCUT2D eigenvalue weighted by Gasteiger charge is 2.39. The number of ether oxygens (including phenoxy) is 1. The molecule has 0 atom stereocenters. The third-order valence-corrected chi connectivity index (χ3v) is 6.23. The Morgan fingerprint density at radius 1 is 1.05 bits per heavy atom. The van der Waals surface area contributed by atoms with Crippen molar-refractivity contribution in [3.8, 4) is 5.75 Å². The van der Waals surface area contributed by atoms with Crippen molar-refractivity contribution < 1.29 is 18.0 Å². The van der Waals surface area contributed by atoms with Crippen LogP contribution in [-0.4, -0.2) is 35.2 Å². The molecule has 5 heteroatoms. The van der Waals surface area contributed by atoms with Crippen LogP contribution in [0.5, 0.6) is 5.75 Å². The van der Waals surface area contributed by atoms with Crippen molar-refractivity contribution in [1.82, 2.24) is 0 Å². The van der Waals surface area contributed by atoms with Gasteiger partial charge in [-0.25, -0.2) is 0 Å². The second kappa shape index (κ2) is 10.6. The fourth-order valence-electron chi connectivity index (χ4n) is 2.21. The van der Waals surface area contributed by atoms with E-state index in [0.717, 1.165) is 23.8 Å². The van der Waals surface area contributed by atoms with Crippen LogP contribution in [0.15, 0.2) is 30.8 Å². The van der Waals surface area contributed by atoms with E-state index in [1.54, 1.807) is 0 Å². The van der Waals surface area contributed by atoms with Gasteiger partial charge in [0.1, 0.15) is 5.75 Å². The summed E-state index contributed by atoms with van der Waals surface area (Å²) < 4.78 is 23.3. The molecule has 0 bridgehead atoms. The minimum Gasteiger partial charge on any atom is -0.494 e. The molecule has 0 unspecified atom stereocenters. The van der Waals surface area contributed by atoms with Crippen molar-refractivity contribution in [2.45, 2.75) is 33.2 Å². The maximum Gasteiger partial charge on any atom is 0.501 e. The van der Waals surface area contributed by atoms with Gasteiger partial charge in [-0.15, -0.1) is 0 Å². The van der Waals surface area contributed by atoms with Crippen LogP contribution >= 0.6 is 0 Å². The standard InChI is InChI=1S/C17H28O4Si/c1-5-16-11-9-12-17(15-16)18-13-10-14-22(19-6-2,20-7-3)21-8-4/h5,9,11-12,15H,1,6-8,10,13-14H2,2-4H3. The van der Waals surface area contributed by atoms with Gasteiger partial charge in [0.15, 0.2) is 0 Å². The Hall–Kier alpha value is -1.14. The highest BCUT2D eigenvalue weighted by atomic mass is 28.4. The normalized spacial score (nSPS) is 11.4. The molecular weight excluding hydrogens is 296 g/mol. The summed E-state index contributed by atoms with van der Waals surface area (Å²) in [5, 5.41) is 0. The average Bonchev–Trinajstić information content (AvgIpc) is 2.53. The van der Waals surface area contributed by atoms with Gasteiger partial charge in [0.05, 0.1) is 6.61 Å². The summed E-state index contributed by atoms with van der Waals surface area (Å²) in [6, 6.07) is 8.66. The second-order valence-corrected chi connectivity index (χ2v) is 7.44. The molecule has 0 N–H and O–H groups in total. The average molecular weight is 324 g/mol. The van der Waals surface area contributed by atoms with E-state index in [0.29, 0.717) is 26.4 Å². The van der Waals surface area contributed by atoms with Crippen LogP contribution in [0.25, 0.3) is 6.08 Å². The molecule has 0 spiro atoms. The van der Waals surface area contributed by atoms with E-state index >= 15 is 0 Å². The smallest absolute Gasteiger partial charge is 0.494 e. The molecule has 0 aliphatic heterocycles. The zero-order chi connectivity index (χ0) is 16.3. The van der Waals surface area contributed by atoms with Crippen LogP contribution < -0.4 is 4.74 Å². The quantitative estimate of drug-likeness (QED) is 0.427. The van der Waals surface area contributed by atoms with Crippen molar-refractivity contribution in [1.29, 1.82) is 0 Å². The summed E-state index contributed by atoms with van der Waals surface area (Å²) in [4.78, 5) is 0. The Labute approximate surface area is 135 Å².